The average molecular weight is 299 g/mol. The summed E-state index contributed by atoms with van der Waals surface area (Å²) in [5, 5.41) is 0. The van der Waals surface area contributed by atoms with Crippen LogP contribution >= 0.6 is 11.6 Å². The molecule has 0 bridgehead atoms. The Morgan fingerprint density at radius 3 is 2.50 bits per heavy atom. The number of amides is 1. The van der Waals surface area contributed by atoms with Crippen LogP contribution in [0.2, 0.25) is 0 Å². The second-order valence-corrected chi connectivity index (χ2v) is 6.25. The molecule has 0 aromatic carbocycles. The standard InChI is InChI=1S/C10H19ClN2O4S/c1-2-17-9(14)13-18(15,16)12-8-10(7-11)5-3-4-6-10/h12H,2-8H2,1H3,(H,13,14). The molecule has 0 radical (unpaired) electrons. The Morgan fingerprint density at radius 1 is 1.39 bits per heavy atom. The van der Waals surface area contributed by atoms with Gasteiger partial charge in [0.25, 0.3) is 0 Å². The molecule has 0 saturated heterocycles. The van der Waals surface area contributed by atoms with Gasteiger partial charge in [-0.05, 0) is 25.2 Å². The highest BCUT2D eigenvalue weighted by Gasteiger charge is 2.34. The molecule has 1 fully saturated rings. The first-order chi connectivity index (χ1) is 8.43. The molecule has 0 atom stereocenters. The van der Waals surface area contributed by atoms with Crippen LogP contribution in [0.25, 0.3) is 0 Å². The molecule has 0 aliphatic heterocycles. The van der Waals surface area contributed by atoms with Gasteiger partial charge in [0, 0.05) is 12.4 Å². The fraction of sp³-hybridized carbons (Fsp3) is 0.900. The van der Waals surface area contributed by atoms with E-state index in [1.165, 1.54) is 0 Å². The summed E-state index contributed by atoms with van der Waals surface area (Å²) in [6.07, 6.45) is 2.94. The van der Waals surface area contributed by atoms with Gasteiger partial charge in [-0.15, -0.1) is 11.6 Å². The minimum Gasteiger partial charge on any atom is -0.449 e. The zero-order valence-corrected chi connectivity index (χ0v) is 11.9. The maximum Gasteiger partial charge on any atom is 0.421 e. The summed E-state index contributed by atoms with van der Waals surface area (Å²) < 4.78 is 31.8. The highest BCUT2D eigenvalue weighted by atomic mass is 35.5. The predicted molar refractivity (Wildman–Crippen MR) is 68.7 cm³/mol. The van der Waals surface area contributed by atoms with Gasteiger partial charge in [0.05, 0.1) is 6.61 Å². The molecule has 0 aromatic heterocycles. The Labute approximate surface area is 113 Å². The molecule has 1 saturated carbocycles. The Balaban J connectivity index is 2.48. The van der Waals surface area contributed by atoms with E-state index in [0.717, 1.165) is 25.7 Å². The fourth-order valence-electron chi connectivity index (χ4n) is 2.04. The third kappa shape index (κ3) is 4.62. The van der Waals surface area contributed by atoms with Crippen molar-refractivity contribution in [1.29, 1.82) is 0 Å². The predicted octanol–water partition coefficient (Wildman–Crippen LogP) is 1.37. The normalized spacial score (nSPS) is 18.6. The second kappa shape index (κ2) is 6.58. The third-order valence-corrected chi connectivity index (χ3v) is 4.60. The number of hydrogen-bond donors (Lipinski definition) is 2. The molecule has 106 valence electrons. The molecule has 0 spiro atoms. The second-order valence-electron chi connectivity index (χ2n) is 4.49. The van der Waals surface area contributed by atoms with Crippen LogP contribution in [-0.2, 0) is 14.9 Å². The van der Waals surface area contributed by atoms with Crippen LogP contribution < -0.4 is 9.44 Å². The van der Waals surface area contributed by atoms with Crippen LogP contribution in [0.5, 0.6) is 0 Å². The van der Waals surface area contributed by atoms with Crippen LogP contribution in [0.4, 0.5) is 4.79 Å². The van der Waals surface area contributed by atoms with Gasteiger partial charge in [0.2, 0.25) is 0 Å². The summed E-state index contributed by atoms with van der Waals surface area (Å²) in [4.78, 5) is 11.0. The molecule has 1 rings (SSSR count). The number of nitrogens with one attached hydrogen (secondary N) is 2. The van der Waals surface area contributed by atoms with Crippen LogP contribution in [0.15, 0.2) is 0 Å². The topological polar surface area (TPSA) is 84.5 Å². The Bertz CT molecular complexity index is 379. The van der Waals surface area contributed by atoms with E-state index in [4.69, 9.17) is 11.6 Å². The first-order valence-corrected chi connectivity index (χ1v) is 7.95. The van der Waals surface area contributed by atoms with E-state index in [1.54, 1.807) is 11.6 Å². The van der Waals surface area contributed by atoms with Crippen molar-refractivity contribution < 1.29 is 17.9 Å². The van der Waals surface area contributed by atoms with Gasteiger partial charge >= 0.3 is 16.3 Å². The lowest BCUT2D eigenvalue weighted by Crippen LogP contribution is -2.45. The highest BCUT2D eigenvalue weighted by molar-refractivity contribution is 7.88. The van der Waals surface area contributed by atoms with E-state index in [2.05, 4.69) is 9.46 Å². The number of ether oxygens (including phenoxy) is 1. The molecule has 1 aliphatic rings. The number of alkyl halides is 1. The van der Waals surface area contributed by atoms with Crippen molar-refractivity contribution in [3.63, 3.8) is 0 Å². The van der Waals surface area contributed by atoms with E-state index < -0.39 is 16.3 Å². The van der Waals surface area contributed by atoms with Crippen molar-refractivity contribution in [1.82, 2.24) is 9.44 Å². The fourth-order valence-corrected chi connectivity index (χ4v) is 3.25. The van der Waals surface area contributed by atoms with Crippen molar-refractivity contribution >= 4 is 27.9 Å². The Kier molecular flexibility index (Phi) is 5.68. The van der Waals surface area contributed by atoms with Gasteiger partial charge in [0.15, 0.2) is 0 Å². The van der Waals surface area contributed by atoms with Gasteiger partial charge in [-0.2, -0.15) is 13.1 Å². The largest absolute Gasteiger partial charge is 0.449 e. The first kappa shape index (κ1) is 15.5. The Hall–Kier alpha value is -0.530. The number of halogens is 1. The van der Waals surface area contributed by atoms with Gasteiger partial charge in [-0.3, -0.25) is 0 Å². The summed E-state index contributed by atoms with van der Waals surface area (Å²) in [5.41, 5.74) is -0.190. The number of carbonyl (C=O) groups is 1. The van der Waals surface area contributed by atoms with Crippen LogP contribution in [-0.4, -0.2) is 33.5 Å². The minimum absolute atomic E-state index is 0.118. The van der Waals surface area contributed by atoms with Crippen molar-refractivity contribution in [2.75, 3.05) is 19.0 Å². The van der Waals surface area contributed by atoms with E-state index in [0.29, 0.717) is 5.88 Å². The van der Waals surface area contributed by atoms with Gasteiger partial charge in [0.1, 0.15) is 0 Å². The lowest BCUT2D eigenvalue weighted by Gasteiger charge is -2.26. The highest BCUT2D eigenvalue weighted by Crippen LogP contribution is 2.38. The van der Waals surface area contributed by atoms with Crippen LogP contribution in [0, 0.1) is 5.41 Å². The SMILES string of the molecule is CCOC(=O)NS(=O)(=O)NCC1(CCl)CCCC1. The number of hydrogen-bond acceptors (Lipinski definition) is 4. The first-order valence-electron chi connectivity index (χ1n) is 5.93. The summed E-state index contributed by atoms with van der Waals surface area (Å²) in [7, 11) is -3.87. The van der Waals surface area contributed by atoms with Crippen molar-refractivity contribution in [2.24, 2.45) is 5.41 Å². The third-order valence-electron chi connectivity index (χ3n) is 3.08. The lowest BCUT2D eigenvalue weighted by molar-refractivity contribution is 0.158. The van der Waals surface area contributed by atoms with E-state index >= 15 is 0 Å². The molecule has 2 N–H and O–H groups in total. The van der Waals surface area contributed by atoms with E-state index in [-0.39, 0.29) is 18.6 Å². The van der Waals surface area contributed by atoms with Gasteiger partial charge < -0.3 is 4.74 Å². The molecule has 0 aromatic rings. The molecule has 8 heteroatoms. The van der Waals surface area contributed by atoms with Gasteiger partial charge in [-0.25, -0.2) is 9.52 Å². The number of rotatable bonds is 6. The monoisotopic (exact) mass is 298 g/mol. The maximum absolute atomic E-state index is 11.6. The smallest absolute Gasteiger partial charge is 0.421 e. The zero-order valence-electron chi connectivity index (χ0n) is 10.4. The molecule has 1 amide bonds. The summed E-state index contributed by atoms with van der Waals surface area (Å²) >= 11 is 5.90. The molecule has 6 nitrogen and oxygen atoms in total. The van der Waals surface area contributed by atoms with Crippen LogP contribution in [0.3, 0.4) is 0 Å². The van der Waals surface area contributed by atoms with Crippen molar-refractivity contribution in [3.05, 3.63) is 0 Å². The lowest BCUT2D eigenvalue weighted by atomic mass is 9.89. The van der Waals surface area contributed by atoms with Gasteiger partial charge in [-0.1, -0.05) is 12.8 Å². The zero-order chi connectivity index (χ0) is 13.6. The van der Waals surface area contributed by atoms with Crippen molar-refractivity contribution in [2.45, 2.75) is 32.6 Å². The Morgan fingerprint density at radius 2 is 2.00 bits per heavy atom. The molecule has 0 heterocycles. The molecule has 1 aliphatic carbocycles. The summed E-state index contributed by atoms with van der Waals surface area (Å²) in [6, 6.07) is 0. The molecule has 0 unspecified atom stereocenters. The summed E-state index contributed by atoms with van der Waals surface area (Å²) in [5.74, 6) is 0.412. The average Bonchev–Trinajstić information content (AvgIpc) is 2.75. The molecular formula is C10H19ClN2O4S. The quantitative estimate of drug-likeness (QED) is 0.725. The number of carbonyl (C=O) groups excluding carboxylic acids is 1. The summed E-state index contributed by atoms with van der Waals surface area (Å²) in [6.45, 7) is 1.96. The van der Waals surface area contributed by atoms with E-state index in [1.807, 2.05) is 0 Å². The maximum atomic E-state index is 11.6. The van der Waals surface area contributed by atoms with E-state index in [9.17, 15) is 13.2 Å². The minimum atomic E-state index is -3.87. The molecule has 18 heavy (non-hydrogen) atoms. The molecular weight excluding hydrogens is 280 g/mol. The van der Waals surface area contributed by atoms with Crippen molar-refractivity contribution in [3.8, 4) is 0 Å². The van der Waals surface area contributed by atoms with Crippen LogP contribution in [0.1, 0.15) is 32.6 Å².